The van der Waals surface area contributed by atoms with Crippen molar-refractivity contribution in [1.29, 1.82) is 0 Å². The Morgan fingerprint density at radius 2 is 1.68 bits per heavy atom. The fourth-order valence-electron chi connectivity index (χ4n) is 4.03. The lowest BCUT2D eigenvalue weighted by Crippen LogP contribution is -2.42. The normalized spacial score (nSPS) is 23.6. The van der Waals surface area contributed by atoms with Gasteiger partial charge in [0.1, 0.15) is 0 Å². The molecule has 0 N–H and O–H groups in total. The summed E-state index contributed by atoms with van der Waals surface area (Å²) >= 11 is 0. The molecule has 114 valence electrons. The SMILES string of the molecule is CC1OC2(CCN(Cc3ccccc3)CC2)c2ccccc21. The van der Waals surface area contributed by atoms with Crippen molar-refractivity contribution in [3.63, 3.8) is 0 Å². The summed E-state index contributed by atoms with van der Waals surface area (Å²) in [4.78, 5) is 2.55. The third-order valence-electron chi connectivity index (χ3n) is 5.20. The van der Waals surface area contributed by atoms with E-state index in [1.165, 1.54) is 16.7 Å². The van der Waals surface area contributed by atoms with Gasteiger partial charge in [-0.15, -0.1) is 0 Å². The first kappa shape index (κ1) is 14.0. The maximum Gasteiger partial charge on any atom is 0.0967 e. The molecule has 1 fully saturated rings. The lowest BCUT2D eigenvalue weighted by atomic mass is 9.83. The number of likely N-dealkylation sites (tertiary alicyclic amines) is 1. The highest BCUT2D eigenvalue weighted by Gasteiger charge is 2.44. The number of fused-ring (bicyclic) bond motifs is 2. The second-order valence-electron chi connectivity index (χ2n) is 6.60. The van der Waals surface area contributed by atoms with E-state index in [0.717, 1.165) is 32.5 Å². The Labute approximate surface area is 132 Å². The van der Waals surface area contributed by atoms with Crippen molar-refractivity contribution in [2.45, 2.75) is 38.0 Å². The van der Waals surface area contributed by atoms with Gasteiger partial charge in [0.15, 0.2) is 0 Å². The second kappa shape index (κ2) is 5.53. The minimum Gasteiger partial charge on any atom is -0.363 e. The van der Waals surface area contributed by atoms with Gasteiger partial charge >= 0.3 is 0 Å². The van der Waals surface area contributed by atoms with E-state index in [1.54, 1.807) is 0 Å². The highest BCUT2D eigenvalue weighted by molar-refractivity contribution is 5.38. The zero-order valence-corrected chi connectivity index (χ0v) is 13.2. The Kier molecular flexibility index (Phi) is 3.51. The summed E-state index contributed by atoms with van der Waals surface area (Å²) in [5, 5.41) is 0. The molecule has 2 aliphatic rings. The van der Waals surface area contributed by atoms with Gasteiger partial charge < -0.3 is 4.74 Å². The van der Waals surface area contributed by atoms with E-state index in [4.69, 9.17) is 4.74 Å². The van der Waals surface area contributed by atoms with Gasteiger partial charge in [0.2, 0.25) is 0 Å². The molecule has 2 aliphatic heterocycles. The third-order valence-corrected chi connectivity index (χ3v) is 5.20. The minimum atomic E-state index is -0.0385. The summed E-state index contributed by atoms with van der Waals surface area (Å²) in [7, 11) is 0. The molecular formula is C20H23NO. The van der Waals surface area contributed by atoms with E-state index in [-0.39, 0.29) is 11.7 Å². The molecule has 2 aromatic rings. The fraction of sp³-hybridized carbons (Fsp3) is 0.400. The number of hydrogen-bond acceptors (Lipinski definition) is 2. The number of piperidine rings is 1. The Balaban J connectivity index is 1.48. The number of ether oxygens (including phenoxy) is 1. The van der Waals surface area contributed by atoms with E-state index >= 15 is 0 Å². The molecule has 0 aromatic heterocycles. The molecule has 1 atom stereocenters. The Morgan fingerprint density at radius 1 is 1.00 bits per heavy atom. The first-order valence-electron chi connectivity index (χ1n) is 8.30. The zero-order chi connectivity index (χ0) is 15.0. The van der Waals surface area contributed by atoms with Crippen LogP contribution in [0.2, 0.25) is 0 Å². The molecule has 2 aromatic carbocycles. The van der Waals surface area contributed by atoms with Crippen LogP contribution in [0.4, 0.5) is 0 Å². The van der Waals surface area contributed by atoms with Gasteiger partial charge in [-0.1, -0.05) is 54.6 Å². The average molecular weight is 293 g/mol. The van der Waals surface area contributed by atoms with Crippen LogP contribution in [0.5, 0.6) is 0 Å². The summed E-state index contributed by atoms with van der Waals surface area (Å²) < 4.78 is 6.43. The molecule has 22 heavy (non-hydrogen) atoms. The van der Waals surface area contributed by atoms with Gasteiger partial charge in [-0.3, -0.25) is 4.90 Å². The molecule has 1 saturated heterocycles. The zero-order valence-electron chi connectivity index (χ0n) is 13.2. The van der Waals surface area contributed by atoms with Crippen LogP contribution in [0.1, 0.15) is 42.6 Å². The van der Waals surface area contributed by atoms with Gasteiger partial charge in [0.25, 0.3) is 0 Å². The van der Waals surface area contributed by atoms with Crippen LogP contribution >= 0.6 is 0 Å². The van der Waals surface area contributed by atoms with Gasteiger partial charge in [0.05, 0.1) is 11.7 Å². The van der Waals surface area contributed by atoms with Crippen LogP contribution in [0.3, 0.4) is 0 Å². The molecule has 4 rings (SSSR count). The molecule has 0 aliphatic carbocycles. The van der Waals surface area contributed by atoms with Gasteiger partial charge in [-0.2, -0.15) is 0 Å². The summed E-state index contributed by atoms with van der Waals surface area (Å²) in [5.41, 5.74) is 4.18. The monoisotopic (exact) mass is 293 g/mol. The van der Waals surface area contributed by atoms with E-state index in [9.17, 15) is 0 Å². The van der Waals surface area contributed by atoms with E-state index in [2.05, 4.69) is 66.4 Å². The number of benzene rings is 2. The second-order valence-corrected chi connectivity index (χ2v) is 6.60. The van der Waals surface area contributed by atoms with Crippen molar-refractivity contribution in [3.05, 3.63) is 71.3 Å². The van der Waals surface area contributed by atoms with E-state index in [0.29, 0.717) is 0 Å². The Hall–Kier alpha value is -1.64. The van der Waals surface area contributed by atoms with Crippen LogP contribution in [-0.4, -0.2) is 18.0 Å². The predicted molar refractivity (Wildman–Crippen MR) is 88.6 cm³/mol. The Morgan fingerprint density at radius 3 is 2.45 bits per heavy atom. The fourth-order valence-corrected chi connectivity index (χ4v) is 4.03. The van der Waals surface area contributed by atoms with Crippen molar-refractivity contribution in [1.82, 2.24) is 4.90 Å². The number of nitrogens with zero attached hydrogens (tertiary/aromatic N) is 1. The molecule has 0 bridgehead atoms. The van der Waals surface area contributed by atoms with Crippen molar-refractivity contribution in [2.75, 3.05) is 13.1 Å². The third kappa shape index (κ3) is 2.37. The van der Waals surface area contributed by atoms with Gasteiger partial charge in [0, 0.05) is 19.6 Å². The lowest BCUT2D eigenvalue weighted by Gasteiger charge is -2.39. The van der Waals surface area contributed by atoms with Gasteiger partial charge in [-0.05, 0) is 36.5 Å². The molecule has 1 unspecified atom stereocenters. The van der Waals surface area contributed by atoms with Crippen LogP contribution in [0.15, 0.2) is 54.6 Å². The molecule has 0 saturated carbocycles. The maximum absolute atomic E-state index is 6.43. The number of hydrogen-bond donors (Lipinski definition) is 0. The summed E-state index contributed by atoms with van der Waals surface area (Å²) in [6.45, 7) is 5.45. The standard InChI is InChI=1S/C20H23NO/c1-16-18-9-5-6-10-19(18)20(22-16)11-13-21(14-12-20)15-17-7-3-2-4-8-17/h2-10,16H,11-15H2,1H3. The van der Waals surface area contributed by atoms with Crippen molar-refractivity contribution >= 4 is 0 Å². The predicted octanol–water partition coefficient (Wildman–Crippen LogP) is 4.27. The number of rotatable bonds is 2. The largest absolute Gasteiger partial charge is 0.363 e. The highest BCUT2D eigenvalue weighted by atomic mass is 16.5. The maximum atomic E-state index is 6.43. The molecule has 0 amide bonds. The summed E-state index contributed by atoms with van der Waals surface area (Å²) in [5.74, 6) is 0. The lowest BCUT2D eigenvalue weighted by molar-refractivity contribution is -0.104. The van der Waals surface area contributed by atoms with Crippen LogP contribution < -0.4 is 0 Å². The molecule has 0 radical (unpaired) electrons. The van der Waals surface area contributed by atoms with Crippen LogP contribution in [0, 0.1) is 0 Å². The molecule has 1 spiro atoms. The average Bonchev–Trinajstić information content (AvgIpc) is 2.84. The van der Waals surface area contributed by atoms with Crippen molar-refractivity contribution in [2.24, 2.45) is 0 Å². The highest BCUT2D eigenvalue weighted by Crippen LogP contribution is 2.49. The van der Waals surface area contributed by atoms with Crippen LogP contribution in [0.25, 0.3) is 0 Å². The van der Waals surface area contributed by atoms with Crippen LogP contribution in [-0.2, 0) is 16.9 Å². The van der Waals surface area contributed by atoms with Gasteiger partial charge in [-0.25, -0.2) is 0 Å². The van der Waals surface area contributed by atoms with Crippen molar-refractivity contribution < 1.29 is 4.74 Å². The smallest absolute Gasteiger partial charge is 0.0967 e. The van der Waals surface area contributed by atoms with Crippen molar-refractivity contribution in [3.8, 4) is 0 Å². The molecular weight excluding hydrogens is 270 g/mol. The molecule has 2 heterocycles. The summed E-state index contributed by atoms with van der Waals surface area (Å²) in [6, 6.07) is 19.5. The topological polar surface area (TPSA) is 12.5 Å². The quantitative estimate of drug-likeness (QED) is 0.820. The first-order chi connectivity index (χ1) is 10.8. The Bertz CT molecular complexity index is 644. The van der Waals surface area contributed by atoms with E-state index in [1.807, 2.05) is 0 Å². The molecule has 2 nitrogen and oxygen atoms in total. The van der Waals surface area contributed by atoms with E-state index < -0.39 is 0 Å². The molecule has 2 heteroatoms. The first-order valence-corrected chi connectivity index (χ1v) is 8.30. The summed E-state index contributed by atoms with van der Waals surface area (Å²) in [6.07, 6.45) is 2.43. The minimum absolute atomic E-state index is 0.0385.